The number of hydrogen-bond donors (Lipinski definition) is 2. The molecule has 0 bridgehead atoms. The Morgan fingerprint density at radius 2 is 1.70 bits per heavy atom. The summed E-state index contributed by atoms with van der Waals surface area (Å²) in [4.78, 5) is 29.6. The number of ether oxygens (including phenoxy) is 2. The lowest BCUT2D eigenvalue weighted by molar-refractivity contribution is -0.118. The van der Waals surface area contributed by atoms with Gasteiger partial charge in [0, 0.05) is 29.2 Å². The Morgan fingerprint density at radius 3 is 2.35 bits per heavy atom. The summed E-state index contributed by atoms with van der Waals surface area (Å²) >= 11 is 1.48. The van der Waals surface area contributed by atoms with Crippen molar-refractivity contribution in [2.24, 2.45) is 0 Å². The van der Waals surface area contributed by atoms with E-state index in [0.29, 0.717) is 17.1 Å². The molecule has 0 saturated carbocycles. The van der Waals surface area contributed by atoms with Crippen molar-refractivity contribution >= 4 is 34.9 Å². The normalized spacial score (nSPS) is 14.6. The van der Waals surface area contributed by atoms with Crippen molar-refractivity contribution in [3.63, 3.8) is 0 Å². The van der Waals surface area contributed by atoms with Crippen LogP contribution in [0.2, 0.25) is 0 Å². The average Bonchev–Trinajstić information content (AvgIpc) is 3.46. The minimum Gasteiger partial charge on any atom is -0.493 e. The monoisotopic (exact) mass is 519 g/mol. The van der Waals surface area contributed by atoms with E-state index in [1.807, 2.05) is 24.4 Å². The van der Waals surface area contributed by atoms with Gasteiger partial charge < -0.3 is 25.0 Å². The average molecular weight is 520 g/mol. The molecule has 0 radical (unpaired) electrons. The second kappa shape index (κ2) is 12.5. The van der Waals surface area contributed by atoms with E-state index < -0.39 is 5.91 Å². The van der Waals surface area contributed by atoms with Crippen molar-refractivity contribution < 1.29 is 19.1 Å². The molecule has 1 atom stereocenters. The first-order valence-electron chi connectivity index (χ1n) is 12.4. The molecule has 2 amide bonds. The minimum atomic E-state index is -0.419. The molecule has 8 heteroatoms. The smallest absolute Gasteiger partial charge is 0.268 e. The quantitative estimate of drug-likeness (QED) is 0.370. The fourth-order valence-corrected chi connectivity index (χ4v) is 4.99. The van der Waals surface area contributed by atoms with Crippen molar-refractivity contribution in [3.8, 4) is 11.5 Å². The predicted octanol–water partition coefficient (Wildman–Crippen LogP) is 5.40. The number of benzene rings is 2. The van der Waals surface area contributed by atoms with Crippen LogP contribution in [0.25, 0.3) is 6.08 Å². The molecule has 0 spiro atoms. The van der Waals surface area contributed by atoms with Crippen molar-refractivity contribution in [1.82, 2.24) is 10.6 Å². The van der Waals surface area contributed by atoms with Crippen LogP contribution in [0.4, 0.5) is 5.69 Å². The standard InChI is InChI=1S/C29H33N3O4S/c1-20(21-9-12-23(13-10-21)32-15-5-4-6-16-32)30-29(34)25(19-24-8-7-17-37-24)31-28(33)22-11-14-26(35-2)27(18-22)36-3/h7-14,17-20H,4-6,15-16H2,1-3H3,(H,30,34)(H,31,33)/b25-19-/t20-/m1/s1. The van der Waals surface area contributed by atoms with Gasteiger partial charge >= 0.3 is 0 Å². The number of thiophene rings is 1. The summed E-state index contributed by atoms with van der Waals surface area (Å²) in [5.41, 5.74) is 2.72. The van der Waals surface area contributed by atoms with E-state index in [2.05, 4.69) is 39.8 Å². The Kier molecular flexibility index (Phi) is 8.85. The summed E-state index contributed by atoms with van der Waals surface area (Å²) in [6, 6.07) is 16.8. The van der Waals surface area contributed by atoms with Crippen LogP contribution in [-0.2, 0) is 4.79 Å². The molecular formula is C29H33N3O4S. The van der Waals surface area contributed by atoms with Crippen molar-refractivity contribution in [2.45, 2.75) is 32.2 Å². The number of rotatable bonds is 9. The molecule has 37 heavy (non-hydrogen) atoms. The highest BCUT2D eigenvalue weighted by Gasteiger charge is 2.19. The minimum absolute atomic E-state index is 0.166. The third kappa shape index (κ3) is 6.71. The molecule has 2 N–H and O–H groups in total. The third-order valence-corrected chi connectivity index (χ3v) is 7.25. The molecule has 4 rings (SSSR count). The number of anilines is 1. The van der Waals surface area contributed by atoms with E-state index in [-0.39, 0.29) is 17.6 Å². The largest absolute Gasteiger partial charge is 0.493 e. The van der Waals surface area contributed by atoms with Crippen LogP contribution in [0.15, 0.2) is 65.7 Å². The summed E-state index contributed by atoms with van der Waals surface area (Å²) in [5, 5.41) is 7.73. The molecule has 1 fully saturated rings. The van der Waals surface area contributed by atoms with Crippen LogP contribution >= 0.6 is 11.3 Å². The van der Waals surface area contributed by atoms with Crippen molar-refractivity contribution in [3.05, 3.63) is 81.7 Å². The lowest BCUT2D eigenvalue weighted by Crippen LogP contribution is -2.36. The molecule has 3 aromatic rings. The number of amides is 2. The van der Waals surface area contributed by atoms with E-state index in [9.17, 15) is 9.59 Å². The summed E-state index contributed by atoms with van der Waals surface area (Å²) < 4.78 is 10.6. The summed E-state index contributed by atoms with van der Waals surface area (Å²) in [5.74, 6) is 0.170. The second-order valence-electron chi connectivity index (χ2n) is 8.93. The van der Waals surface area contributed by atoms with Crippen molar-refractivity contribution in [1.29, 1.82) is 0 Å². The van der Waals surface area contributed by atoms with Gasteiger partial charge in [0.05, 0.1) is 20.3 Å². The van der Waals surface area contributed by atoms with E-state index >= 15 is 0 Å². The molecule has 0 aliphatic carbocycles. The molecule has 194 valence electrons. The highest BCUT2D eigenvalue weighted by atomic mass is 32.1. The van der Waals surface area contributed by atoms with E-state index in [1.165, 1.54) is 50.5 Å². The number of methoxy groups -OCH3 is 2. The molecule has 1 aliphatic heterocycles. The SMILES string of the molecule is COc1ccc(C(=O)N/C(=C\c2cccs2)C(=O)N[C@H](C)c2ccc(N3CCCCC3)cc2)cc1OC. The maximum absolute atomic E-state index is 13.3. The molecule has 0 unspecified atom stereocenters. The number of nitrogens with zero attached hydrogens (tertiary/aromatic N) is 1. The van der Waals surface area contributed by atoms with Gasteiger partial charge in [0.25, 0.3) is 11.8 Å². The molecule has 2 heterocycles. The van der Waals surface area contributed by atoms with Gasteiger partial charge in [-0.05, 0) is 79.6 Å². The van der Waals surface area contributed by atoms with Crippen LogP contribution in [0.1, 0.15) is 53.0 Å². The topological polar surface area (TPSA) is 79.9 Å². The van der Waals surface area contributed by atoms with Gasteiger partial charge in [0.2, 0.25) is 0 Å². The number of carbonyl (C=O) groups excluding carboxylic acids is 2. The Bertz CT molecular complexity index is 1230. The Labute approximate surface area is 222 Å². The zero-order valence-electron chi connectivity index (χ0n) is 21.5. The van der Waals surface area contributed by atoms with Crippen LogP contribution < -0.4 is 25.0 Å². The van der Waals surface area contributed by atoms with Crippen LogP contribution in [0, 0.1) is 0 Å². The summed E-state index contributed by atoms with van der Waals surface area (Å²) in [7, 11) is 3.04. The maximum atomic E-state index is 13.3. The highest BCUT2D eigenvalue weighted by molar-refractivity contribution is 7.10. The molecule has 1 aliphatic rings. The molecule has 1 aromatic heterocycles. The predicted molar refractivity (Wildman–Crippen MR) is 148 cm³/mol. The van der Waals surface area contributed by atoms with Crippen LogP contribution in [0.5, 0.6) is 11.5 Å². The first kappa shape index (κ1) is 26.3. The summed E-state index contributed by atoms with van der Waals surface area (Å²) in [6.45, 7) is 4.11. The third-order valence-electron chi connectivity index (χ3n) is 6.43. The number of hydrogen-bond acceptors (Lipinski definition) is 6. The zero-order chi connectivity index (χ0) is 26.2. The molecule has 7 nitrogen and oxygen atoms in total. The van der Waals surface area contributed by atoms with Crippen LogP contribution in [0.3, 0.4) is 0 Å². The number of carbonyl (C=O) groups is 2. The van der Waals surface area contributed by atoms with Gasteiger partial charge in [0.1, 0.15) is 5.70 Å². The first-order chi connectivity index (χ1) is 18.0. The van der Waals surface area contributed by atoms with Gasteiger partial charge in [0.15, 0.2) is 11.5 Å². The zero-order valence-corrected chi connectivity index (χ0v) is 22.3. The van der Waals surface area contributed by atoms with Gasteiger partial charge in [-0.15, -0.1) is 11.3 Å². The Balaban J connectivity index is 1.48. The van der Waals surface area contributed by atoms with Gasteiger partial charge in [-0.1, -0.05) is 18.2 Å². The van der Waals surface area contributed by atoms with Gasteiger partial charge in [-0.25, -0.2) is 0 Å². The fraction of sp³-hybridized carbons (Fsp3) is 0.310. The lowest BCUT2D eigenvalue weighted by atomic mass is 10.1. The fourth-order valence-electron chi connectivity index (χ4n) is 4.33. The molecule has 1 saturated heterocycles. The van der Waals surface area contributed by atoms with Gasteiger partial charge in [-0.2, -0.15) is 0 Å². The van der Waals surface area contributed by atoms with E-state index in [4.69, 9.17) is 9.47 Å². The number of piperidine rings is 1. The van der Waals surface area contributed by atoms with E-state index in [1.54, 1.807) is 24.3 Å². The molecule has 2 aromatic carbocycles. The lowest BCUT2D eigenvalue weighted by Gasteiger charge is -2.29. The van der Waals surface area contributed by atoms with Gasteiger partial charge in [-0.3, -0.25) is 9.59 Å². The Morgan fingerprint density at radius 1 is 0.973 bits per heavy atom. The van der Waals surface area contributed by atoms with Crippen molar-refractivity contribution in [2.75, 3.05) is 32.2 Å². The first-order valence-corrected chi connectivity index (χ1v) is 13.3. The Hall–Kier alpha value is -3.78. The maximum Gasteiger partial charge on any atom is 0.268 e. The summed E-state index contributed by atoms with van der Waals surface area (Å²) in [6.07, 6.45) is 5.43. The van der Waals surface area contributed by atoms with Crippen LogP contribution in [-0.4, -0.2) is 39.1 Å². The number of nitrogens with one attached hydrogen (secondary N) is 2. The molecular weight excluding hydrogens is 486 g/mol. The van der Waals surface area contributed by atoms with E-state index in [0.717, 1.165) is 23.5 Å². The second-order valence-corrected chi connectivity index (χ2v) is 9.91. The highest BCUT2D eigenvalue weighted by Crippen LogP contribution is 2.28.